The summed E-state index contributed by atoms with van der Waals surface area (Å²) in [4.78, 5) is 32.7. The lowest BCUT2D eigenvalue weighted by molar-refractivity contribution is -0.385. The summed E-state index contributed by atoms with van der Waals surface area (Å²) in [5.74, 6) is -0.507. The first-order chi connectivity index (χ1) is 10.5. The van der Waals surface area contributed by atoms with Crippen LogP contribution < -0.4 is 4.74 Å². The van der Waals surface area contributed by atoms with Crippen LogP contribution in [-0.4, -0.2) is 24.3 Å². The van der Waals surface area contributed by atoms with Gasteiger partial charge in [0.1, 0.15) is 12.0 Å². The van der Waals surface area contributed by atoms with E-state index in [0.717, 1.165) is 6.07 Å². The van der Waals surface area contributed by atoms with Crippen LogP contribution in [0, 0.1) is 10.1 Å². The van der Waals surface area contributed by atoms with Crippen LogP contribution in [0.5, 0.6) is 11.5 Å². The summed E-state index contributed by atoms with van der Waals surface area (Å²) in [7, 11) is 1.21. The highest BCUT2D eigenvalue weighted by Gasteiger charge is 2.19. The number of esters is 1. The Morgan fingerprint density at radius 2 is 2.00 bits per heavy atom. The minimum absolute atomic E-state index is 0.115. The van der Waals surface area contributed by atoms with Crippen LogP contribution in [0.15, 0.2) is 42.5 Å². The van der Waals surface area contributed by atoms with E-state index in [1.807, 2.05) is 0 Å². The third-order valence-corrected chi connectivity index (χ3v) is 2.80. The smallest absolute Gasteiger partial charge is 0.337 e. The first-order valence-electron chi connectivity index (χ1n) is 6.15. The van der Waals surface area contributed by atoms with Crippen LogP contribution in [0.1, 0.15) is 20.7 Å². The molecule has 0 aliphatic rings. The Balaban J connectivity index is 2.44. The van der Waals surface area contributed by atoms with Crippen LogP contribution >= 0.6 is 0 Å². The zero-order chi connectivity index (χ0) is 16.1. The summed E-state index contributed by atoms with van der Waals surface area (Å²) in [6, 6.07) is 9.78. The Hall–Kier alpha value is -3.22. The Labute approximate surface area is 125 Å². The van der Waals surface area contributed by atoms with Crippen molar-refractivity contribution in [1.29, 1.82) is 0 Å². The summed E-state index contributed by atoms with van der Waals surface area (Å²) < 4.78 is 10.0. The normalized spacial score (nSPS) is 9.86. The number of methoxy groups -OCH3 is 1. The van der Waals surface area contributed by atoms with Crippen molar-refractivity contribution in [3.05, 3.63) is 63.7 Å². The van der Waals surface area contributed by atoms with Gasteiger partial charge in [-0.3, -0.25) is 14.9 Å². The lowest BCUT2D eigenvalue weighted by atomic mass is 10.2. The topological polar surface area (TPSA) is 95.7 Å². The molecule has 0 bridgehead atoms. The number of rotatable bonds is 5. The van der Waals surface area contributed by atoms with Crippen molar-refractivity contribution in [3.63, 3.8) is 0 Å². The minimum atomic E-state index is -0.638. The van der Waals surface area contributed by atoms with Crippen molar-refractivity contribution in [2.45, 2.75) is 0 Å². The van der Waals surface area contributed by atoms with Gasteiger partial charge >= 0.3 is 11.7 Å². The van der Waals surface area contributed by atoms with Gasteiger partial charge < -0.3 is 9.47 Å². The van der Waals surface area contributed by atoms with Gasteiger partial charge in [-0.2, -0.15) is 0 Å². The molecule has 0 unspecified atom stereocenters. The summed E-state index contributed by atoms with van der Waals surface area (Å²) in [5, 5.41) is 11.0. The van der Waals surface area contributed by atoms with Gasteiger partial charge in [0.2, 0.25) is 5.75 Å². The summed E-state index contributed by atoms with van der Waals surface area (Å²) >= 11 is 0. The standard InChI is InChI=1S/C15H11NO6/c1-21-15(18)11-5-6-13(16(19)20)14(8-11)22-12-4-2-3-10(7-12)9-17/h2-9H,1H3. The highest BCUT2D eigenvalue weighted by Crippen LogP contribution is 2.32. The second kappa shape index (κ2) is 6.49. The molecule has 0 atom stereocenters. The quantitative estimate of drug-likeness (QED) is 0.364. The highest BCUT2D eigenvalue weighted by atomic mass is 16.6. The van der Waals surface area contributed by atoms with E-state index in [-0.39, 0.29) is 22.7 Å². The first kappa shape index (κ1) is 15.2. The Morgan fingerprint density at radius 3 is 2.64 bits per heavy atom. The fourth-order valence-corrected chi connectivity index (χ4v) is 1.77. The highest BCUT2D eigenvalue weighted by molar-refractivity contribution is 5.90. The van der Waals surface area contributed by atoms with Crippen molar-refractivity contribution < 1.29 is 24.0 Å². The van der Waals surface area contributed by atoms with Crippen LogP contribution in [0.4, 0.5) is 5.69 Å². The van der Waals surface area contributed by atoms with Crippen molar-refractivity contribution in [2.75, 3.05) is 7.11 Å². The number of benzene rings is 2. The molecule has 0 spiro atoms. The fraction of sp³-hybridized carbons (Fsp3) is 0.0667. The van der Waals surface area contributed by atoms with E-state index in [4.69, 9.17) is 4.74 Å². The van der Waals surface area contributed by atoms with E-state index >= 15 is 0 Å². The molecule has 0 radical (unpaired) electrons. The number of nitrogens with zero attached hydrogens (tertiary/aromatic N) is 1. The van der Waals surface area contributed by atoms with Crippen LogP contribution in [-0.2, 0) is 4.74 Å². The number of hydrogen-bond donors (Lipinski definition) is 0. The van der Waals surface area contributed by atoms with Crippen LogP contribution in [0.3, 0.4) is 0 Å². The summed E-state index contributed by atoms with van der Waals surface area (Å²) in [6.07, 6.45) is 0.631. The lowest BCUT2D eigenvalue weighted by Gasteiger charge is -2.08. The molecule has 0 heterocycles. The summed E-state index contributed by atoms with van der Waals surface area (Å²) in [6.45, 7) is 0. The molecule has 0 N–H and O–H groups in total. The number of carbonyl (C=O) groups is 2. The van der Waals surface area contributed by atoms with Gasteiger partial charge in [-0.1, -0.05) is 12.1 Å². The second-order valence-corrected chi connectivity index (χ2v) is 4.22. The van der Waals surface area contributed by atoms with Gasteiger partial charge in [0, 0.05) is 17.7 Å². The molecule has 0 aromatic heterocycles. The zero-order valence-corrected chi connectivity index (χ0v) is 11.5. The van der Waals surface area contributed by atoms with Gasteiger partial charge in [-0.05, 0) is 18.2 Å². The summed E-state index contributed by atoms with van der Waals surface area (Å²) in [5.41, 5.74) is 0.183. The van der Waals surface area contributed by atoms with E-state index in [9.17, 15) is 19.7 Å². The molecule has 7 heteroatoms. The minimum Gasteiger partial charge on any atom is -0.465 e. The van der Waals surface area contributed by atoms with Gasteiger partial charge in [0.25, 0.3) is 0 Å². The monoisotopic (exact) mass is 301 g/mol. The molecule has 0 saturated carbocycles. The number of nitro benzene ring substituents is 1. The van der Waals surface area contributed by atoms with Crippen molar-refractivity contribution in [1.82, 2.24) is 0 Å². The Bertz CT molecular complexity index is 741. The molecule has 7 nitrogen and oxygen atoms in total. The number of hydrogen-bond acceptors (Lipinski definition) is 6. The third-order valence-electron chi connectivity index (χ3n) is 2.80. The van der Waals surface area contributed by atoms with Gasteiger partial charge in [0.15, 0.2) is 0 Å². The fourth-order valence-electron chi connectivity index (χ4n) is 1.77. The van der Waals surface area contributed by atoms with Crippen molar-refractivity contribution in [3.8, 4) is 11.5 Å². The van der Waals surface area contributed by atoms with Crippen LogP contribution in [0.25, 0.3) is 0 Å². The average Bonchev–Trinajstić information content (AvgIpc) is 2.54. The molecular weight excluding hydrogens is 290 g/mol. The molecule has 22 heavy (non-hydrogen) atoms. The van der Waals surface area contributed by atoms with Gasteiger partial charge in [-0.15, -0.1) is 0 Å². The maximum absolute atomic E-state index is 11.5. The molecular formula is C15H11NO6. The van der Waals surface area contributed by atoms with Gasteiger partial charge in [-0.25, -0.2) is 4.79 Å². The largest absolute Gasteiger partial charge is 0.465 e. The second-order valence-electron chi connectivity index (χ2n) is 4.22. The molecule has 0 amide bonds. The van der Waals surface area contributed by atoms with E-state index in [2.05, 4.69) is 4.74 Å². The Morgan fingerprint density at radius 1 is 1.23 bits per heavy atom. The Kier molecular flexibility index (Phi) is 4.47. The number of aldehydes is 1. The van der Waals surface area contributed by atoms with Gasteiger partial charge in [0.05, 0.1) is 17.6 Å². The molecule has 2 aromatic carbocycles. The van der Waals surface area contributed by atoms with E-state index in [0.29, 0.717) is 11.8 Å². The van der Waals surface area contributed by atoms with Crippen molar-refractivity contribution in [2.24, 2.45) is 0 Å². The SMILES string of the molecule is COC(=O)c1ccc([N+](=O)[O-])c(Oc2cccc(C=O)c2)c1. The predicted molar refractivity (Wildman–Crippen MR) is 76.3 cm³/mol. The average molecular weight is 301 g/mol. The molecule has 112 valence electrons. The number of nitro groups is 1. The lowest BCUT2D eigenvalue weighted by Crippen LogP contribution is -2.02. The van der Waals surface area contributed by atoms with Crippen LogP contribution in [0.2, 0.25) is 0 Å². The molecule has 0 aliphatic heterocycles. The van der Waals surface area contributed by atoms with E-state index in [1.165, 1.54) is 25.3 Å². The predicted octanol–water partition coefficient (Wildman–Crippen LogP) is 2.99. The zero-order valence-electron chi connectivity index (χ0n) is 11.5. The number of ether oxygens (including phenoxy) is 2. The first-order valence-corrected chi connectivity index (χ1v) is 6.15. The molecule has 2 aromatic rings. The molecule has 0 aliphatic carbocycles. The molecule has 0 saturated heterocycles. The van der Waals surface area contributed by atoms with E-state index in [1.54, 1.807) is 18.2 Å². The molecule has 2 rings (SSSR count). The van der Waals surface area contributed by atoms with Crippen molar-refractivity contribution >= 4 is 17.9 Å². The maximum Gasteiger partial charge on any atom is 0.337 e. The molecule has 0 fully saturated rings. The third kappa shape index (κ3) is 3.26. The number of carbonyl (C=O) groups excluding carboxylic acids is 2. The van der Waals surface area contributed by atoms with E-state index < -0.39 is 10.9 Å². The maximum atomic E-state index is 11.5.